The summed E-state index contributed by atoms with van der Waals surface area (Å²) in [6.07, 6.45) is 6.41. The predicted molar refractivity (Wildman–Crippen MR) is 156 cm³/mol. The van der Waals surface area contributed by atoms with Crippen LogP contribution in [0.4, 0.5) is 0 Å². The summed E-state index contributed by atoms with van der Waals surface area (Å²) in [5.41, 5.74) is 5.86. The molecule has 1 saturated carbocycles. The van der Waals surface area contributed by atoms with Gasteiger partial charge >= 0.3 is 5.97 Å². The molecule has 1 aliphatic carbocycles. The first kappa shape index (κ1) is 26.7. The normalized spacial score (nSPS) is 14.6. The summed E-state index contributed by atoms with van der Waals surface area (Å²) in [7, 11) is 0. The number of hydrogen-bond donors (Lipinski definition) is 0. The second-order valence-electron chi connectivity index (χ2n) is 10.6. The summed E-state index contributed by atoms with van der Waals surface area (Å²) in [4.78, 5) is 29.7. The fourth-order valence-corrected chi connectivity index (χ4v) is 5.70. The molecule has 5 rings (SSSR count). The number of nitrogens with zero attached hydrogens (tertiary/aromatic N) is 2. The van der Waals surface area contributed by atoms with Crippen LogP contribution >= 0.6 is 0 Å². The molecule has 0 N–H and O–H groups in total. The van der Waals surface area contributed by atoms with Gasteiger partial charge in [-0.3, -0.25) is 4.79 Å². The van der Waals surface area contributed by atoms with Crippen molar-refractivity contribution in [1.82, 2.24) is 4.57 Å². The van der Waals surface area contributed by atoms with Crippen molar-refractivity contribution in [3.8, 4) is 5.75 Å². The van der Waals surface area contributed by atoms with E-state index in [-0.39, 0.29) is 5.78 Å². The van der Waals surface area contributed by atoms with Crippen LogP contribution in [0.3, 0.4) is 0 Å². The summed E-state index contributed by atoms with van der Waals surface area (Å²) in [5.74, 6) is 0.999. The minimum Gasteiger partial charge on any atom is -0.493 e. The van der Waals surface area contributed by atoms with Crippen LogP contribution in [0, 0.1) is 12.8 Å². The number of ketones is 1. The molecule has 1 fully saturated rings. The molecule has 4 aromatic rings. The third-order valence-electron chi connectivity index (χ3n) is 7.83. The van der Waals surface area contributed by atoms with Gasteiger partial charge in [-0.25, -0.2) is 4.79 Å². The highest BCUT2D eigenvalue weighted by molar-refractivity contribution is 6.16. The molecule has 0 amide bonds. The summed E-state index contributed by atoms with van der Waals surface area (Å²) >= 11 is 0. The summed E-state index contributed by atoms with van der Waals surface area (Å²) in [6.45, 7) is 8.77. The highest BCUT2D eigenvalue weighted by Gasteiger charge is 2.18. The quantitative estimate of drug-likeness (QED) is 0.103. The topological polar surface area (TPSA) is 69.9 Å². The monoisotopic (exact) mass is 524 g/mol. The second-order valence-corrected chi connectivity index (χ2v) is 10.6. The Kier molecular flexibility index (Phi) is 7.82. The van der Waals surface area contributed by atoms with Gasteiger partial charge < -0.3 is 14.1 Å². The number of carbonyl (C=O) groups excluding carboxylic acids is 2. The van der Waals surface area contributed by atoms with E-state index in [1.807, 2.05) is 62.4 Å². The molecule has 6 heteroatoms. The predicted octanol–water partition coefficient (Wildman–Crippen LogP) is 7.60. The van der Waals surface area contributed by atoms with Crippen molar-refractivity contribution >= 4 is 39.3 Å². The molecule has 6 nitrogen and oxygen atoms in total. The molecule has 202 valence electrons. The van der Waals surface area contributed by atoms with E-state index < -0.39 is 5.97 Å². The van der Waals surface area contributed by atoms with Gasteiger partial charge in [0.2, 0.25) is 0 Å². The van der Waals surface area contributed by atoms with E-state index in [4.69, 9.17) is 9.57 Å². The number of ether oxygens (including phenoxy) is 1. The largest absolute Gasteiger partial charge is 0.493 e. The van der Waals surface area contributed by atoms with Gasteiger partial charge in [-0.05, 0) is 99.2 Å². The van der Waals surface area contributed by atoms with E-state index in [1.165, 1.54) is 39.0 Å². The maximum absolute atomic E-state index is 13.6. The second kappa shape index (κ2) is 11.4. The maximum Gasteiger partial charge on any atom is 0.331 e. The molecule has 0 saturated heterocycles. The van der Waals surface area contributed by atoms with Gasteiger partial charge in [-0.2, -0.15) is 0 Å². The molecule has 0 aliphatic heterocycles. The van der Waals surface area contributed by atoms with Crippen LogP contribution in [0.5, 0.6) is 5.75 Å². The smallest absolute Gasteiger partial charge is 0.331 e. The number of carbonyl (C=O) groups is 2. The van der Waals surface area contributed by atoms with Crippen LogP contribution in [0.15, 0.2) is 59.8 Å². The average Bonchev–Trinajstić information content (AvgIpc) is 3.27. The standard InChI is InChI=1S/C33H36N2O4/c1-5-35-31-15-11-25(22(3)34-39-23(4)36)18-29(31)30-19-26(12-16-32(30)35)33(37)28-14-13-27(17-21(28)2)38-20-24-9-7-6-8-10-24/h11-19,24H,5-10,20H2,1-4H3/b34-22+. The summed E-state index contributed by atoms with van der Waals surface area (Å²) in [5, 5.41) is 5.98. The molecule has 0 unspecified atom stereocenters. The van der Waals surface area contributed by atoms with Gasteiger partial charge in [-0.15, -0.1) is 0 Å². The molecule has 3 aromatic carbocycles. The minimum atomic E-state index is -0.458. The van der Waals surface area contributed by atoms with Crippen molar-refractivity contribution in [3.63, 3.8) is 0 Å². The van der Waals surface area contributed by atoms with Crippen molar-refractivity contribution in [2.24, 2.45) is 11.1 Å². The maximum atomic E-state index is 13.6. The third-order valence-corrected chi connectivity index (χ3v) is 7.83. The van der Waals surface area contributed by atoms with Gasteiger partial charge in [0.05, 0.1) is 12.3 Å². The van der Waals surface area contributed by atoms with Crippen LogP contribution < -0.4 is 4.74 Å². The Morgan fingerprint density at radius 1 is 0.897 bits per heavy atom. The highest BCUT2D eigenvalue weighted by Crippen LogP contribution is 2.32. The zero-order valence-electron chi connectivity index (χ0n) is 23.3. The lowest BCUT2D eigenvalue weighted by Crippen LogP contribution is -2.15. The first-order chi connectivity index (χ1) is 18.9. The molecule has 0 bridgehead atoms. The van der Waals surface area contributed by atoms with Crippen LogP contribution in [-0.4, -0.2) is 28.6 Å². The molecule has 1 aromatic heterocycles. The van der Waals surface area contributed by atoms with Crippen molar-refractivity contribution in [3.05, 3.63) is 76.9 Å². The third kappa shape index (κ3) is 5.60. The molecule has 0 spiro atoms. The lowest BCUT2D eigenvalue weighted by atomic mass is 9.90. The molecule has 1 heterocycles. The Labute approximate surface area is 229 Å². The molecule has 1 aliphatic rings. The number of aromatic nitrogens is 1. The van der Waals surface area contributed by atoms with E-state index in [1.54, 1.807) is 0 Å². The lowest BCUT2D eigenvalue weighted by Gasteiger charge is -2.21. The zero-order valence-corrected chi connectivity index (χ0v) is 23.3. The number of fused-ring (bicyclic) bond motifs is 3. The van der Waals surface area contributed by atoms with Gasteiger partial charge in [0.25, 0.3) is 0 Å². The van der Waals surface area contributed by atoms with Gasteiger partial charge in [-0.1, -0.05) is 30.5 Å². The average molecular weight is 525 g/mol. The Hall–Kier alpha value is -3.93. The van der Waals surface area contributed by atoms with Gasteiger partial charge in [0.1, 0.15) is 5.75 Å². The fraction of sp³-hybridized carbons (Fsp3) is 0.364. The molecular weight excluding hydrogens is 488 g/mol. The van der Waals surface area contributed by atoms with Gasteiger partial charge in [0.15, 0.2) is 5.78 Å². The van der Waals surface area contributed by atoms with Crippen molar-refractivity contribution in [2.75, 3.05) is 6.61 Å². The van der Waals surface area contributed by atoms with E-state index in [0.717, 1.165) is 51.8 Å². The minimum absolute atomic E-state index is 0.00520. The molecule has 39 heavy (non-hydrogen) atoms. The van der Waals surface area contributed by atoms with Crippen molar-refractivity contribution in [2.45, 2.75) is 66.3 Å². The van der Waals surface area contributed by atoms with Crippen LogP contribution in [0.1, 0.15) is 79.9 Å². The highest BCUT2D eigenvalue weighted by atomic mass is 16.7. The molecule has 0 radical (unpaired) electrons. The van der Waals surface area contributed by atoms with E-state index in [2.05, 4.69) is 22.7 Å². The Balaban J connectivity index is 1.45. The lowest BCUT2D eigenvalue weighted by molar-refractivity contribution is -0.140. The van der Waals surface area contributed by atoms with E-state index in [0.29, 0.717) is 22.8 Å². The van der Waals surface area contributed by atoms with Crippen LogP contribution in [0.2, 0.25) is 0 Å². The zero-order chi connectivity index (χ0) is 27.5. The first-order valence-corrected chi connectivity index (χ1v) is 13.9. The Morgan fingerprint density at radius 3 is 2.21 bits per heavy atom. The molecule has 0 atom stereocenters. The van der Waals surface area contributed by atoms with Crippen molar-refractivity contribution in [1.29, 1.82) is 0 Å². The number of rotatable bonds is 8. The fourth-order valence-electron chi connectivity index (χ4n) is 5.70. The molecular formula is C33H36N2O4. The number of benzene rings is 3. The van der Waals surface area contributed by atoms with Crippen molar-refractivity contribution < 1.29 is 19.2 Å². The Morgan fingerprint density at radius 2 is 1.56 bits per heavy atom. The van der Waals surface area contributed by atoms with Crippen LogP contribution in [-0.2, 0) is 16.2 Å². The van der Waals surface area contributed by atoms with E-state index >= 15 is 0 Å². The number of hydrogen-bond acceptors (Lipinski definition) is 5. The number of aryl methyl sites for hydroxylation is 2. The summed E-state index contributed by atoms with van der Waals surface area (Å²) in [6, 6.07) is 17.8. The number of oxime groups is 1. The van der Waals surface area contributed by atoms with Gasteiger partial charge in [0, 0.05) is 46.4 Å². The SMILES string of the molecule is CCn1c2ccc(C(=O)c3ccc(OCC4CCCCC4)cc3C)cc2c2cc(/C(C)=N/OC(C)=O)ccc21. The summed E-state index contributed by atoms with van der Waals surface area (Å²) < 4.78 is 8.34. The van der Waals surface area contributed by atoms with Crippen LogP contribution in [0.25, 0.3) is 21.8 Å². The first-order valence-electron chi connectivity index (χ1n) is 13.9. The Bertz CT molecular complexity index is 1570. The van der Waals surface area contributed by atoms with E-state index in [9.17, 15) is 9.59 Å².